The van der Waals surface area contributed by atoms with Crippen LogP contribution < -0.4 is 0 Å². The molecule has 1 fully saturated rings. The third kappa shape index (κ3) is 2.37. The number of rotatable bonds is 2. The number of non-ortho nitro benzene ring substituents is 1. The van der Waals surface area contributed by atoms with E-state index in [9.17, 15) is 25.2 Å². The van der Waals surface area contributed by atoms with Crippen molar-refractivity contribution in [3.05, 3.63) is 39.4 Å². The number of hydroxylamine groups is 2. The van der Waals surface area contributed by atoms with Gasteiger partial charge in [0.25, 0.3) is 11.6 Å². The Kier molecular flexibility index (Phi) is 3.74. The zero-order valence-electron chi connectivity index (χ0n) is 11.1. The number of aliphatic hydroxyl groups is 1. The lowest BCUT2D eigenvalue weighted by atomic mass is 9.85. The molecule has 20 heavy (non-hydrogen) atoms. The highest BCUT2D eigenvalue weighted by molar-refractivity contribution is 5.86. The first-order valence-corrected chi connectivity index (χ1v) is 6.35. The summed E-state index contributed by atoms with van der Waals surface area (Å²) in [7, 11) is 0. The molecule has 0 bridgehead atoms. The molecule has 7 heteroatoms. The molecule has 1 aliphatic heterocycles. The molecule has 1 aromatic rings. The first-order chi connectivity index (χ1) is 9.36. The van der Waals surface area contributed by atoms with Gasteiger partial charge in [-0.2, -0.15) is 0 Å². The average molecular weight is 280 g/mol. The molecule has 1 amide bonds. The summed E-state index contributed by atoms with van der Waals surface area (Å²) in [5.41, 5.74) is -1.18. The average Bonchev–Trinajstić information content (AvgIpc) is 2.53. The molecule has 1 aliphatic rings. The minimum absolute atomic E-state index is 0.100. The van der Waals surface area contributed by atoms with Crippen molar-refractivity contribution in [3.8, 4) is 0 Å². The minimum Gasteiger partial charge on any atom is -0.375 e. The largest absolute Gasteiger partial charge is 0.375 e. The Bertz CT molecular complexity index is 560. The number of nitro groups is 1. The molecule has 108 valence electrons. The predicted molar refractivity (Wildman–Crippen MR) is 69.1 cm³/mol. The van der Waals surface area contributed by atoms with Crippen molar-refractivity contribution in [1.82, 2.24) is 5.06 Å². The van der Waals surface area contributed by atoms with Gasteiger partial charge in [-0.05, 0) is 43.4 Å². The SMILES string of the molecule is Cc1cc([N+](=O)[O-])ccc1C1(O)CCCCN(O)C1=O. The molecule has 1 saturated heterocycles. The third-order valence-electron chi connectivity index (χ3n) is 3.61. The van der Waals surface area contributed by atoms with E-state index >= 15 is 0 Å². The molecule has 1 atom stereocenters. The molecule has 0 spiro atoms. The summed E-state index contributed by atoms with van der Waals surface area (Å²) in [4.78, 5) is 22.3. The quantitative estimate of drug-likeness (QED) is 0.485. The van der Waals surface area contributed by atoms with Crippen LogP contribution in [0.15, 0.2) is 18.2 Å². The normalized spacial score (nSPS) is 23.6. The van der Waals surface area contributed by atoms with Crippen LogP contribution in [0, 0.1) is 17.0 Å². The predicted octanol–water partition coefficient (Wildman–Crippen LogP) is 1.49. The van der Waals surface area contributed by atoms with Gasteiger partial charge in [-0.25, -0.2) is 5.06 Å². The van der Waals surface area contributed by atoms with Crippen LogP contribution in [0.5, 0.6) is 0 Å². The smallest absolute Gasteiger partial charge is 0.282 e. The van der Waals surface area contributed by atoms with Crippen molar-refractivity contribution in [2.75, 3.05) is 6.54 Å². The Hall–Kier alpha value is -1.99. The monoisotopic (exact) mass is 280 g/mol. The molecule has 2 N–H and O–H groups in total. The number of carbonyl (C=O) groups is 1. The van der Waals surface area contributed by atoms with Gasteiger partial charge in [0.1, 0.15) is 0 Å². The zero-order chi connectivity index (χ0) is 14.9. The van der Waals surface area contributed by atoms with Gasteiger partial charge in [-0.3, -0.25) is 20.1 Å². The van der Waals surface area contributed by atoms with E-state index in [0.717, 1.165) is 0 Å². The number of hydrogen-bond acceptors (Lipinski definition) is 5. The molecule has 1 unspecified atom stereocenters. The molecule has 0 saturated carbocycles. The third-order valence-corrected chi connectivity index (χ3v) is 3.61. The van der Waals surface area contributed by atoms with Crippen LogP contribution >= 0.6 is 0 Å². The van der Waals surface area contributed by atoms with Crippen molar-refractivity contribution in [2.24, 2.45) is 0 Å². The van der Waals surface area contributed by atoms with E-state index in [0.29, 0.717) is 29.0 Å². The summed E-state index contributed by atoms with van der Waals surface area (Å²) < 4.78 is 0. The van der Waals surface area contributed by atoms with Gasteiger partial charge in [-0.15, -0.1) is 0 Å². The Morgan fingerprint density at radius 2 is 2.10 bits per heavy atom. The Morgan fingerprint density at radius 1 is 1.40 bits per heavy atom. The second-order valence-electron chi connectivity index (χ2n) is 5.00. The van der Waals surface area contributed by atoms with Gasteiger partial charge in [0.05, 0.1) is 4.92 Å². The number of carbonyl (C=O) groups excluding carboxylic acids is 1. The van der Waals surface area contributed by atoms with E-state index in [2.05, 4.69) is 0 Å². The van der Waals surface area contributed by atoms with Crippen LogP contribution in [-0.2, 0) is 10.4 Å². The first kappa shape index (κ1) is 14.4. The first-order valence-electron chi connectivity index (χ1n) is 6.35. The van der Waals surface area contributed by atoms with Crippen LogP contribution in [0.3, 0.4) is 0 Å². The zero-order valence-corrected chi connectivity index (χ0v) is 11.1. The van der Waals surface area contributed by atoms with Crippen molar-refractivity contribution in [3.63, 3.8) is 0 Å². The Balaban J connectivity index is 2.47. The summed E-state index contributed by atoms with van der Waals surface area (Å²) in [5.74, 6) is -0.785. The second-order valence-corrected chi connectivity index (χ2v) is 5.00. The molecule has 0 radical (unpaired) electrons. The van der Waals surface area contributed by atoms with E-state index in [1.54, 1.807) is 6.92 Å². The van der Waals surface area contributed by atoms with Crippen molar-refractivity contribution in [2.45, 2.75) is 31.8 Å². The molecule has 1 heterocycles. The van der Waals surface area contributed by atoms with Gasteiger partial charge in [-0.1, -0.05) is 0 Å². The fraction of sp³-hybridized carbons (Fsp3) is 0.462. The highest BCUT2D eigenvalue weighted by Gasteiger charge is 2.43. The summed E-state index contributed by atoms with van der Waals surface area (Å²) >= 11 is 0. The van der Waals surface area contributed by atoms with E-state index < -0.39 is 16.4 Å². The standard InChI is InChI=1S/C13H16N2O5/c1-9-8-10(15(19)20)4-5-11(9)13(17)6-2-3-7-14(18)12(13)16/h4-5,8,17-18H,2-3,6-7H2,1H3. The topological polar surface area (TPSA) is 104 Å². The van der Waals surface area contributed by atoms with E-state index in [1.165, 1.54) is 18.2 Å². The molecular formula is C13H16N2O5. The summed E-state index contributed by atoms with van der Waals surface area (Å²) in [6, 6.07) is 3.94. The van der Waals surface area contributed by atoms with E-state index in [4.69, 9.17) is 0 Å². The molecule has 7 nitrogen and oxygen atoms in total. The minimum atomic E-state index is -1.83. The van der Waals surface area contributed by atoms with Gasteiger partial charge in [0.2, 0.25) is 0 Å². The lowest BCUT2D eigenvalue weighted by Crippen LogP contribution is -2.44. The van der Waals surface area contributed by atoms with Crippen molar-refractivity contribution in [1.29, 1.82) is 0 Å². The molecule has 2 rings (SSSR count). The summed E-state index contributed by atoms with van der Waals surface area (Å²) in [6.07, 6.45) is 1.36. The molecule has 0 aromatic heterocycles. The maximum absolute atomic E-state index is 12.1. The fourth-order valence-electron chi connectivity index (χ4n) is 2.54. The maximum atomic E-state index is 12.1. The van der Waals surface area contributed by atoms with Crippen LogP contribution in [0.2, 0.25) is 0 Å². The number of hydrogen-bond donors (Lipinski definition) is 2. The van der Waals surface area contributed by atoms with Gasteiger partial charge < -0.3 is 5.11 Å². The summed E-state index contributed by atoms with van der Waals surface area (Å²) in [5, 5.41) is 31.5. The number of nitrogens with zero attached hydrogens (tertiary/aromatic N) is 2. The summed E-state index contributed by atoms with van der Waals surface area (Å²) in [6.45, 7) is 1.77. The highest BCUT2D eigenvalue weighted by Crippen LogP contribution is 2.34. The molecule has 1 aromatic carbocycles. The maximum Gasteiger partial charge on any atom is 0.282 e. The molecule has 0 aliphatic carbocycles. The van der Waals surface area contributed by atoms with Crippen molar-refractivity contribution < 1.29 is 20.0 Å². The van der Waals surface area contributed by atoms with E-state index in [-0.39, 0.29) is 18.7 Å². The van der Waals surface area contributed by atoms with Crippen LogP contribution in [-0.4, -0.2) is 32.8 Å². The number of nitro benzene ring substituents is 1. The Morgan fingerprint density at radius 3 is 2.70 bits per heavy atom. The number of benzene rings is 1. The molecular weight excluding hydrogens is 264 g/mol. The second kappa shape index (κ2) is 5.18. The van der Waals surface area contributed by atoms with Crippen LogP contribution in [0.1, 0.15) is 30.4 Å². The van der Waals surface area contributed by atoms with Crippen LogP contribution in [0.25, 0.3) is 0 Å². The van der Waals surface area contributed by atoms with Crippen molar-refractivity contribution >= 4 is 11.6 Å². The number of aryl methyl sites for hydroxylation is 1. The van der Waals surface area contributed by atoms with Gasteiger partial charge in [0.15, 0.2) is 5.60 Å². The highest BCUT2D eigenvalue weighted by atomic mass is 16.6. The van der Waals surface area contributed by atoms with Gasteiger partial charge >= 0.3 is 0 Å². The lowest BCUT2D eigenvalue weighted by molar-refractivity contribution is -0.384. The van der Waals surface area contributed by atoms with Crippen LogP contribution in [0.4, 0.5) is 5.69 Å². The van der Waals surface area contributed by atoms with Gasteiger partial charge in [0, 0.05) is 18.7 Å². The van der Waals surface area contributed by atoms with E-state index in [1.807, 2.05) is 0 Å². The number of amides is 1. The lowest BCUT2D eigenvalue weighted by Gasteiger charge is -2.29. The Labute approximate surface area is 115 Å². The fourth-order valence-corrected chi connectivity index (χ4v) is 2.54.